The molecule has 2 atom stereocenters. The van der Waals surface area contributed by atoms with Crippen LogP contribution in [0.15, 0.2) is 18.2 Å². The second-order valence-electron chi connectivity index (χ2n) is 7.06. The molecule has 0 bridgehead atoms. The Balaban J connectivity index is 1.79. The average Bonchev–Trinajstić information content (AvgIpc) is 2.96. The third-order valence-electron chi connectivity index (χ3n) is 5.51. The fraction of sp³-hybridized carbons (Fsp3) is 0.588. The summed E-state index contributed by atoms with van der Waals surface area (Å²) < 4.78 is 0. The van der Waals surface area contributed by atoms with E-state index in [1.807, 2.05) is 12.1 Å². The van der Waals surface area contributed by atoms with Crippen LogP contribution in [0.5, 0.6) is 0 Å². The van der Waals surface area contributed by atoms with Gasteiger partial charge < -0.3 is 11.1 Å². The molecule has 4 heteroatoms. The first-order valence-electron chi connectivity index (χ1n) is 7.74. The largest absolute Gasteiger partial charge is 0.366 e. The van der Waals surface area contributed by atoms with Gasteiger partial charge in [0.25, 0.3) is 0 Å². The quantitative estimate of drug-likeness (QED) is 0.886. The van der Waals surface area contributed by atoms with E-state index in [0.717, 1.165) is 43.6 Å². The van der Waals surface area contributed by atoms with Crippen molar-refractivity contribution in [1.29, 1.82) is 0 Å². The van der Waals surface area contributed by atoms with Crippen molar-refractivity contribution in [3.8, 4) is 0 Å². The molecule has 4 nitrogen and oxygen atoms in total. The molecule has 0 aromatic heterocycles. The van der Waals surface area contributed by atoms with Crippen molar-refractivity contribution in [2.45, 2.75) is 32.9 Å². The number of nitrogens with two attached hydrogens (primary N) is 1. The SMILES string of the molecule is Cc1cc(C(N)=O)ccc1CN1CC2CNCC2C1(C)C. The molecule has 0 spiro atoms. The molecular formula is C17H25N3O. The molecule has 3 rings (SSSR count). The molecular weight excluding hydrogens is 262 g/mol. The van der Waals surface area contributed by atoms with Crippen LogP contribution < -0.4 is 11.1 Å². The van der Waals surface area contributed by atoms with Crippen LogP contribution >= 0.6 is 0 Å². The maximum absolute atomic E-state index is 11.2. The van der Waals surface area contributed by atoms with E-state index in [1.54, 1.807) is 0 Å². The summed E-state index contributed by atoms with van der Waals surface area (Å²) in [5.74, 6) is 1.15. The molecule has 0 aliphatic carbocycles. The van der Waals surface area contributed by atoms with E-state index >= 15 is 0 Å². The Hall–Kier alpha value is -1.39. The van der Waals surface area contributed by atoms with Gasteiger partial charge in [-0.1, -0.05) is 6.07 Å². The van der Waals surface area contributed by atoms with Crippen LogP contribution in [0.25, 0.3) is 0 Å². The Morgan fingerprint density at radius 2 is 2.19 bits per heavy atom. The number of rotatable bonds is 3. The predicted octanol–water partition coefficient (Wildman–Crippen LogP) is 1.52. The van der Waals surface area contributed by atoms with Gasteiger partial charge in [0.05, 0.1) is 0 Å². The van der Waals surface area contributed by atoms with Crippen molar-refractivity contribution >= 4 is 5.91 Å². The average molecular weight is 287 g/mol. The lowest BCUT2D eigenvalue weighted by atomic mass is 9.84. The van der Waals surface area contributed by atoms with Crippen LogP contribution in [-0.2, 0) is 6.54 Å². The lowest BCUT2D eigenvalue weighted by Crippen LogP contribution is -2.44. The molecule has 2 heterocycles. The summed E-state index contributed by atoms with van der Waals surface area (Å²) in [5.41, 5.74) is 8.61. The zero-order valence-electron chi connectivity index (χ0n) is 13.1. The fourth-order valence-corrected chi connectivity index (χ4v) is 4.00. The number of carbonyl (C=O) groups is 1. The van der Waals surface area contributed by atoms with Crippen LogP contribution in [0.4, 0.5) is 0 Å². The van der Waals surface area contributed by atoms with Gasteiger partial charge >= 0.3 is 0 Å². The minimum absolute atomic E-state index is 0.225. The summed E-state index contributed by atoms with van der Waals surface area (Å²) in [6.07, 6.45) is 0. The molecule has 2 unspecified atom stereocenters. The van der Waals surface area contributed by atoms with Crippen LogP contribution in [0, 0.1) is 18.8 Å². The van der Waals surface area contributed by atoms with Crippen molar-refractivity contribution in [2.75, 3.05) is 19.6 Å². The molecule has 1 aromatic carbocycles. The third kappa shape index (κ3) is 2.47. The third-order valence-corrected chi connectivity index (χ3v) is 5.51. The Kier molecular flexibility index (Phi) is 3.54. The summed E-state index contributed by atoms with van der Waals surface area (Å²) in [5, 5.41) is 3.52. The summed E-state index contributed by atoms with van der Waals surface area (Å²) in [4.78, 5) is 13.8. The van der Waals surface area contributed by atoms with Crippen LogP contribution in [-0.4, -0.2) is 36.0 Å². The molecule has 2 aliphatic heterocycles. The molecule has 2 saturated heterocycles. The molecule has 21 heavy (non-hydrogen) atoms. The number of hydrogen-bond donors (Lipinski definition) is 2. The molecule has 114 valence electrons. The van der Waals surface area contributed by atoms with Crippen molar-refractivity contribution in [2.24, 2.45) is 17.6 Å². The minimum Gasteiger partial charge on any atom is -0.366 e. The van der Waals surface area contributed by atoms with E-state index in [1.165, 1.54) is 5.56 Å². The normalized spacial score (nSPS) is 27.8. The highest BCUT2D eigenvalue weighted by Crippen LogP contribution is 2.41. The Morgan fingerprint density at radius 1 is 1.43 bits per heavy atom. The number of nitrogens with one attached hydrogen (secondary N) is 1. The van der Waals surface area contributed by atoms with E-state index in [2.05, 4.69) is 37.1 Å². The molecule has 0 radical (unpaired) electrons. The van der Waals surface area contributed by atoms with E-state index in [-0.39, 0.29) is 11.4 Å². The van der Waals surface area contributed by atoms with Gasteiger partial charge in [-0.15, -0.1) is 0 Å². The number of nitrogens with zero attached hydrogens (tertiary/aromatic N) is 1. The summed E-state index contributed by atoms with van der Waals surface area (Å²) in [6.45, 7) is 11.2. The molecule has 2 aliphatic rings. The van der Waals surface area contributed by atoms with Gasteiger partial charge in [-0.2, -0.15) is 0 Å². The maximum atomic E-state index is 11.2. The van der Waals surface area contributed by atoms with Crippen LogP contribution in [0.3, 0.4) is 0 Å². The molecule has 3 N–H and O–H groups in total. The number of carbonyl (C=O) groups excluding carboxylic acids is 1. The van der Waals surface area contributed by atoms with E-state index in [9.17, 15) is 4.79 Å². The zero-order chi connectivity index (χ0) is 15.2. The summed E-state index contributed by atoms with van der Waals surface area (Å²) in [6, 6.07) is 5.80. The van der Waals surface area contributed by atoms with Crippen molar-refractivity contribution in [3.63, 3.8) is 0 Å². The second kappa shape index (κ2) is 5.11. The number of aryl methyl sites for hydroxylation is 1. The van der Waals surface area contributed by atoms with Gasteiger partial charge in [0.1, 0.15) is 0 Å². The highest BCUT2D eigenvalue weighted by Gasteiger charge is 2.49. The van der Waals surface area contributed by atoms with Gasteiger partial charge in [-0.05, 0) is 62.4 Å². The lowest BCUT2D eigenvalue weighted by molar-refractivity contribution is 0.1000. The molecule has 0 saturated carbocycles. The Bertz CT molecular complexity index is 567. The Labute approximate surface area is 126 Å². The fourth-order valence-electron chi connectivity index (χ4n) is 4.00. The van der Waals surface area contributed by atoms with Crippen LogP contribution in [0.2, 0.25) is 0 Å². The first kappa shape index (κ1) is 14.5. The summed E-state index contributed by atoms with van der Waals surface area (Å²) >= 11 is 0. The first-order chi connectivity index (χ1) is 9.89. The maximum Gasteiger partial charge on any atom is 0.248 e. The molecule has 1 amide bonds. The van der Waals surface area contributed by atoms with E-state index in [4.69, 9.17) is 5.73 Å². The number of benzene rings is 1. The lowest BCUT2D eigenvalue weighted by Gasteiger charge is -2.36. The van der Waals surface area contributed by atoms with Gasteiger partial charge in [0.15, 0.2) is 0 Å². The van der Waals surface area contributed by atoms with Crippen LogP contribution in [0.1, 0.15) is 35.3 Å². The monoisotopic (exact) mass is 287 g/mol. The summed E-state index contributed by atoms with van der Waals surface area (Å²) in [7, 11) is 0. The smallest absolute Gasteiger partial charge is 0.248 e. The van der Waals surface area contributed by atoms with E-state index in [0.29, 0.717) is 5.56 Å². The van der Waals surface area contributed by atoms with Gasteiger partial charge in [0.2, 0.25) is 5.91 Å². The van der Waals surface area contributed by atoms with Crippen molar-refractivity contribution in [3.05, 3.63) is 34.9 Å². The van der Waals surface area contributed by atoms with Crippen molar-refractivity contribution in [1.82, 2.24) is 10.2 Å². The van der Waals surface area contributed by atoms with Crippen molar-refractivity contribution < 1.29 is 4.79 Å². The van der Waals surface area contributed by atoms with Gasteiger partial charge in [0, 0.05) is 30.7 Å². The highest BCUT2D eigenvalue weighted by molar-refractivity contribution is 5.93. The standard InChI is InChI=1S/C17H25N3O/c1-11-6-12(16(18)21)4-5-13(11)9-20-10-14-7-19-8-15(14)17(20,2)3/h4-6,14-15,19H,7-10H2,1-3H3,(H2,18,21). The van der Waals surface area contributed by atoms with Gasteiger partial charge in [-0.25, -0.2) is 0 Å². The first-order valence-corrected chi connectivity index (χ1v) is 7.74. The second-order valence-corrected chi connectivity index (χ2v) is 7.06. The number of likely N-dealkylation sites (tertiary alicyclic amines) is 1. The number of primary amides is 1. The Morgan fingerprint density at radius 3 is 2.81 bits per heavy atom. The zero-order valence-corrected chi connectivity index (χ0v) is 13.1. The predicted molar refractivity (Wildman–Crippen MR) is 84.0 cm³/mol. The number of hydrogen-bond acceptors (Lipinski definition) is 3. The van der Waals surface area contributed by atoms with E-state index < -0.39 is 0 Å². The highest BCUT2D eigenvalue weighted by atomic mass is 16.1. The number of fused-ring (bicyclic) bond motifs is 1. The number of amides is 1. The molecule has 2 fully saturated rings. The van der Waals surface area contributed by atoms with Gasteiger partial charge in [-0.3, -0.25) is 9.69 Å². The topological polar surface area (TPSA) is 58.4 Å². The molecule has 1 aromatic rings. The minimum atomic E-state index is -0.355.